The monoisotopic (exact) mass is 277 g/mol. The molecule has 0 aromatic carbocycles. The van der Waals surface area contributed by atoms with Crippen molar-refractivity contribution in [3.8, 4) is 5.88 Å². The van der Waals surface area contributed by atoms with Crippen LogP contribution in [-0.2, 0) is 0 Å². The van der Waals surface area contributed by atoms with E-state index in [2.05, 4.69) is 11.9 Å². The Hall–Kier alpha value is -1.58. The van der Waals surface area contributed by atoms with Crippen LogP contribution in [0.2, 0.25) is 0 Å². The highest BCUT2D eigenvalue weighted by molar-refractivity contribution is 5.61. The van der Waals surface area contributed by atoms with Gasteiger partial charge < -0.3 is 9.84 Å². The first kappa shape index (κ1) is 14.8. The number of pyridine rings is 1. The van der Waals surface area contributed by atoms with E-state index in [9.17, 15) is 4.79 Å². The lowest BCUT2D eigenvalue weighted by Gasteiger charge is -2.29. The Balaban J connectivity index is 1.98. The zero-order valence-corrected chi connectivity index (χ0v) is 12.0. The van der Waals surface area contributed by atoms with Crippen molar-refractivity contribution in [1.29, 1.82) is 0 Å². The summed E-state index contributed by atoms with van der Waals surface area (Å²) < 4.78 is 4.80. The van der Waals surface area contributed by atoms with Crippen molar-refractivity contribution in [2.45, 2.75) is 57.8 Å². The zero-order valence-electron chi connectivity index (χ0n) is 12.0. The molecular weight excluding hydrogens is 254 g/mol. The van der Waals surface area contributed by atoms with Crippen LogP contribution in [0.1, 0.15) is 63.4 Å². The van der Waals surface area contributed by atoms with Crippen LogP contribution in [0.3, 0.4) is 0 Å². The fourth-order valence-electron chi connectivity index (χ4n) is 3.14. The molecule has 1 N–H and O–H groups in total. The predicted octanol–water partition coefficient (Wildman–Crippen LogP) is 4.60. The molecule has 4 heteroatoms. The molecule has 20 heavy (non-hydrogen) atoms. The number of ether oxygens (including phenoxy) is 1. The summed E-state index contributed by atoms with van der Waals surface area (Å²) in [5.74, 6) is 1.49. The fourth-order valence-corrected chi connectivity index (χ4v) is 3.14. The first-order valence-electron chi connectivity index (χ1n) is 7.56. The van der Waals surface area contributed by atoms with E-state index in [1.54, 1.807) is 6.20 Å². The van der Waals surface area contributed by atoms with E-state index in [0.29, 0.717) is 5.92 Å². The van der Waals surface area contributed by atoms with E-state index in [1.165, 1.54) is 32.1 Å². The van der Waals surface area contributed by atoms with Gasteiger partial charge in [0.2, 0.25) is 5.88 Å². The zero-order chi connectivity index (χ0) is 14.4. The van der Waals surface area contributed by atoms with Gasteiger partial charge in [0.25, 0.3) is 0 Å². The average Bonchev–Trinajstić information content (AvgIpc) is 2.46. The quantitative estimate of drug-likeness (QED) is 0.799. The lowest BCUT2D eigenvalue weighted by molar-refractivity contribution is 0.141. The van der Waals surface area contributed by atoms with Crippen LogP contribution in [0.25, 0.3) is 0 Å². The third-order valence-corrected chi connectivity index (χ3v) is 4.24. The minimum Gasteiger partial charge on any atom is -0.449 e. The third-order valence-electron chi connectivity index (χ3n) is 4.24. The fraction of sp³-hybridized carbons (Fsp3) is 0.625. The summed E-state index contributed by atoms with van der Waals surface area (Å²) in [4.78, 5) is 14.8. The van der Waals surface area contributed by atoms with E-state index in [0.717, 1.165) is 24.3 Å². The van der Waals surface area contributed by atoms with Gasteiger partial charge in [-0.25, -0.2) is 9.78 Å². The number of hydrogen-bond donors (Lipinski definition) is 1. The molecule has 1 aromatic rings. The summed E-state index contributed by atoms with van der Waals surface area (Å²) in [6, 6.07) is 3.80. The van der Waals surface area contributed by atoms with Gasteiger partial charge in [0, 0.05) is 11.8 Å². The van der Waals surface area contributed by atoms with E-state index < -0.39 is 6.16 Å². The Morgan fingerprint density at radius 3 is 2.80 bits per heavy atom. The summed E-state index contributed by atoms with van der Waals surface area (Å²) >= 11 is 0. The number of carbonyl (C=O) groups is 1. The maximum atomic E-state index is 10.7. The van der Waals surface area contributed by atoms with Crippen LogP contribution in [0.4, 0.5) is 4.79 Å². The van der Waals surface area contributed by atoms with Crippen LogP contribution in [-0.4, -0.2) is 16.2 Å². The van der Waals surface area contributed by atoms with Crippen LogP contribution in [0, 0.1) is 5.92 Å². The molecule has 1 heterocycles. The lowest BCUT2D eigenvalue weighted by atomic mass is 9.77. The summed E-state index contributed by atoms with van der Waals surface area (Å²) in [6.45, 7) is 2.23. The van der Waals surface area contributed by atoms with Gasteiger partial charge in [-0.1, -0.05) is 32.3 Å². The Labute approximate surface area is 120 Å². The Morgan fingerprint density at radius 2 is 2.15 bits per heavy atom. The SMILES string of the molecule is CCCCC1CCC(c2cccnc2OC(=O)O)CC1. The molecule has 0 amide bonds. The lowest BCUT2D eigenvalue weighted by Crippen LogP contribution is -2.15. The molecule has 0 aliphatic heterocycles. The highest BCUT2D eigenvalue weighted by Crippen LogP contribution is 2.40. The van der Waals surface area contributed by atoms with Gasteiger partial charge >= 0.3 is 6.16 Å². The van der Waals surface area contributed by atoms with E-state index in [1.807, 2.05) is 12.1 Å². The molecule has 1 saturated carbocycles. The number of aromatic nitrogens is 1. The van der Waals surface area contributed by atoms with Crippen molar-refractivity contribution in [1.82, 2.24) is 4.98 Å². The molecule has 0 saturated heterocycles. The average molecular weight is 277 g/mol. The Morgan fingerprint density at radius 1 is 1.40 bits per heavy atom. The van der Waals surface area contributed by atoms with Crippen molar-refractivity contribution in [3.63, 3.8) is 0 Å². The van der Waals surface area contributed by atoms with Gasteiger partial charge in [0.15, 0.2) is 0 Å². The van der Waals surface area contributed by atoms with E-state index >= 15 is 0 Å². The highest BCUT2D eigenvalue weighted by atomic mass is 16.7. The van der Waals surface area contributed by atoms with Gasteiger partial charge in [0.05, 0.1) is 0 Å². The number of rotatable bonds is 5. The minimum absolute atomic E-state index is 0.261. The molecule has 0 atom stereocenters. The third kappa shape index (κ3) is 3.95. The maximum Gasteiger partial charge on any atom is 0.512 e. The number of carboxylic acid groups (broad SMARTS) is 1. The first-order chi connectivity index (χ1) is 9.70. The second kappa shape index (κ2) is 7.27. The highest BCUT2D eigenvalue weighted by Gasteiger charge is 2.25. The molecule has 0 unspecified atom stereocenters. The van der Waals surface area contributed by atoms with Crippen LogP contribution in [0.5, 0.6) is 5.88 Å². The topological polar surface area (TPSA) is 59.4 Å². The number of hydrogen-bond acceptors (Lipinski definition) is 3. The summed E-state index contributed by atoms with van der Waals surface area (Å²) in [5.41, 5.74) is 0.948. The van der Waals surface area contributed by atoms with E-state index in [-0.39, 0.29) is 5.88 Å². The van der Waals surface area contributed by atoms with Gasteiger partial charge in [-0.05, 0) is 43.6 Å². The summed E-state index contributed by atoms with van der Waals surface area (Å²) in [6.07, 6.45) is 8.86. The van der Waals surface area contributed by atoms with Gasteiger partial charge in [-0.3, -0.25) is 0 Å². The van der Waals surface area contributed by atoms with Crippen LogP contribution < -0.4 is 4.74 Å². The molecule has 0 radical (unpaired) electrons. The van der Waals surface area contributed by atoms with E-state index in [4.69, 9.17) is 9.84 Å². The molecule has 2 rings (SSSR count). The van der Waals surface area contributed by atoms with Crippen molar-refractivity contribution >= 4 is 6.16 Å². The van der Waals surface area contributed by atoms with Gasteiger partial charge in [-0.15, -0.1) is 0 Å². The summed E-state index contributed by atoms with van der Waals surface area (Å²) in [5, 5.41) is 8.77. The van der Waals surface area contributed by atoms with Crippen molar-refractivity contribution in [2.75, 3.05) is 0 Å². The molecule has 1 fully saturated rings. The molecule has 4 nitrogen and oxygen atoms in total. The number of unbranched alkanes of at least 4 members (excludes halogenated alkanes) is 1. The smallest absolute Gasteiger partial charge is 0.449 e. The Bertz CT molecular complexity index is 439. The first-order valence-corrected chi connectivity index (χ1v) is 7.56. The van der Waals surface area contributed by atoms with Gasteiger partial charge in [0.1, 0.15) is 0 Å². The largest absolute Gasteiger partial charge is 0.512 e. The molecule has 0 spiro atoms. The van der Waals surface area contributed by atoms with Crippen molar-refractivity contribution in [3.05, 3.63) is 23.9 Å². The van der Waals surface area contributed by atoms with Crippen LogP contribution in [0.15, 0.2) is 18.3 Å². The second-order valence-corrected chi connectivity index (χ2v) is 5.63. The molecular formula is C16H23NO3. The van der Waals surface area contributed by atoms with Crippen molar-refractivity contribution in [2.24, 2.45) is 5.92 Å². The molecule has 1 aliphatic rings. The summed E-state index contributed by atoms with van der Waals surface area (Å²) in [7, 11) is 0. The molecule has 0 bridgehead atoms. The normalized spacial score (nSPS) is 22.4. The number of nitrogens with zero attached hydrogens (tertiary/aromatic N) is 1. The second-order valence-electron chi connectivity index (χ2n) is 5.63. The molecule has 110 valence electrons. The maximum absolute atomic E-state index is 10.7. The predicted molar refractivity (Wildman–Crippen MR) is 77.1 cm³/mol. The molecule has 1 aliphatic carbocycles. The van der Waals surface area contributed by atoms with Crippen LogP contribution >= 0.6 is 0 Å². The van der Waals surface area contributed by atoms with Gasteiger partial charge in [-0.2, -0.15) is 0 Å². The Kier molecular flexibility index (Phi) is 5.39. The minimum atomic E-state index is -1.29. The van der Waals surface area contributed by atoms with Crippen molar-refractivity contribution < 1.29 is 14.6 Å². The standard InChI is InChI=1S/C16H23NO3/c1-2-3-5-12-7-9-13(10-8-12)14-6-4-11-17-15(14)20-16(18)19/h4,6,11-13H,2-3,5,7-10H2,1H3,(H,18,19). The molecule has 1 aromatic heterocycles.